The first-order valence-corrected chi connectivity index (χ1v) is 6.25. The van der Waals surface area contributed by atoms with E-state index in [1.54, 1.807) is 13.0 Å². The molecule has 2 rings (SSSR count). The average Bonchev–Trinajstić information content (AvgIpc) is 2.79. The number of rotatable bonds is 6. The van der Waals surface area contributed by atoms with Gasteiger partial charge in [0, 0.05) is 13.0 Å². The number of oxazole rings is 1. The molecular weight excluding hydrogens is 246 g/mol. The van der Waals surface area contributed by atoms with Gasteiger partial charge in [0.25, 0.3) is 6.01 Å². The highest BCUT2D eigenvalue weighted by molar-refractivity contribution is 5.86. The average molecular weight is 263 g/mol. The molecule has 3 N–H and O–H groups in total. The molecule has 1 aromatic carbocycles. The third-order valence-electron chi connectivity index (χ3n) is 2.59. The van der Waals surface area contributed by atoms with Crippen LogP contribution in [0.4, 0.5) is 11.7 Å². The summed E-state index contributed by atoms with van der Waals surface area (Å²) in [6.45, 7) is 2.79. The lowest BCUT2D eigenvalue weighted by molar-refractivity contribution is -0.143. The van der Waals surface area contributed by atoms with E-state index in [1.807, 2.05) is 12.1 Å². The summed E-state index contributed by atoms with van der Waals surface area (Å²) in [6, 6.07) is 5.81. The predicted octanol–water partition coefficient (Wildman–Crippen LogP) is 2.17. The number of esters is 1. The summed E-state index contributed by atoms with van der Waals surface area (Å²) in [5.74, 6) is -0.189. The number of nitrogens with zero attached hydrogens (tertiary/aromatic N) is 1. The molecule has 2 aromatic rings. The maximum atomic E-state index is 11.1. The highest BCUT2D eigenvalue weighted by Gasteiger charge is 2.07. The lowest BCUT2D eigenvalue weighted by Gasteiger charge is -2.02. The Morgan fingerprint density at radius 3 is 3.11 bits per heavy atom. The van der Waals surface area contributed by atoms with Gasteiger partial charge in [0.05, 0.1) is 12.3 Å². The van der Waals surface area contributed by atoms with Crippen molar-refractivity contribution in [1.82, 2.24) is 4.98 Å². The number of para-hydroxylation sites is 1. The number of carbonyl (C=O) groups excluding carboxylic acids is 1. The maximum Gasteiger partial charge on any atom is 0.305 e. The summed E-state index contributed by atoms with van der Waals surface area (Å²) in [5.41, 5.74) is 7.66. The van der Waals surface area contributed by atoms with Crippen LogP contribution in [0.15, 0.2) is 22.6 Å². The standard InChI is InChI=1S/C13H17N3O3/c1-2-18-11(17)7-4-8-15-13-16-12-9(14)5-3-6-10(12)19-13/h3,5-6H,2,4,7-8,14H2,1H3,(H,15,16). The van der Waals surface area contributed by atoms with E-state index in [9.17, 15) is 4.79 Å². The Balaban J connectivity index is 1.85. The first kappa shape index (κ1) is 13.2. The van der Waals surface area contributed by atoms with Gasteiger partial charge < -0.3 is 20.2 Å². The Hall–Kier alpha value is -2.24. The quantitative estimate of drug-likeness (QED) is 0.471. The van der Waals surface area contributed by atoms with Crippen LogP contribution in [-0.2, 0) is 9.53 Å². The summed E-state index contributed by atoms with van der Waals surface area (Å²) in [5, 5.41) is 3.02. The molecule has 6 nitrogen and oxygen atoms in total. The second-order valence-electron chi connectivity index (χ2n) is 4.05. The van der Waals surface area contributed by atoms with E-state index in [0.717, 1.165) is 0 Å². The number of anilines is 2. The number of benzene rings is 1. The van der Waals surface area contributed by atoms with Crippen molar-refractivity contribution in [2.45, 2.75) is 19.8 Å². The molecule has 0 amide bonds. The van der Waals surface area contributed by atoms with E-state index < -0.39 is 0 Å². The van der Waals surface area contributed by atoms with Gasteiger partial charge in [-0.1, -0.05) is 6.07 Å². The van der Waals surface area contributed by atoms with Gasteiger partial charge in [0.2, 0.25) is 0 Å². The van der Waals surface area contributed by atoms with Crippen LogP contribution >= 0.6 is 0 Å². The summed E-state index contributed by atoms with van der Waals surface area (Å²) < 4.78 is 10.3. The minimum atomic E-state index is -0.189. The summed E-state index contributed by atoms with van der Waals surface area (Å²) >= 11 is 0. The number of ether oxygens (including phenoxy) is 1. The van der Waals surface area contributed by atoms with Crippen molar-refractivity contribution in [3.8, 4) is 0 Å². The fraction of sp³-hybridized carbons (Fsp3) is 0.385. The number of hydrogen-bond acceptors (Lipinski definition) is 6. The number of carbonyl (C=O) groups is 1. The number of aromatic nitrogens is 1. The van der Waals surface area contributed by atoms with Crippen LogP contribution in [-0.4, -0.2) is 24.1 Å². The minimum Gasteiger partial charge on any atom is -0.466 e. The van der Waals surface area contributed by atoms with E-state index in [1.165, 1.54) is 0 Å². The van der Waals surface area contributed by atoms with E-state index >= 15 is 0 Å². The van der Waals surface area contributed by atoms with Crippen molar-refractivity contribution in [2.24, 2.45) is 0 Å². The van der Waals surface area contributed by atoms with Crippen molar-refractivity contribution >= 4 is 28.8 Å². The molecule has 0 unspecified atom stereocenters. The monoisotopic (exact) mass is 263 g/mol. The molecule has 102 valence electrons. The van der Waals surface area contributed by atoms with Crippen LogP contribution < -0.4 is 11.1 Å². The molecule has 0 atom stereocenters. The van der Waals surface area contributed by atoms with Crippen LogP contribution in [0.2, 0.25) is 0 Å². The van der Waals surface area contributed by atoms with Gasteiger partial charge in [-0.2, -0.15) is 4.98 Å². The smallest absolute Gasteiger partial charge is 0.305 e. The molecule has 1 heterocycles. The van der Waals surface area contributed by atoms with E-state index in [4.69, 9.17) is 14.9 Å². The zero-order valence-electron chi connectivity index (χ0n) is 10.8. The van der Waals surface area contributed by atoms with Gasteiger partial charge in [0.1, 0.15) is 5.52 Å². The fourth-order valence-corrected chi connectivity index (χ4v) is 1.71. The Morgan fingerprint density at radius 1 is 1.53 bits per heavy atom. The van der Waals surface area contributed by atoms with E-state index in [0.29, 0.717) is 48.8 Å². The van der Waals surface area contributed by atoms with Crippen LogP contribution in [0.1, 0.15) is 19.8 Å². The third kappa shape index (κ3) is 3.37. The van der Waals surface area contributed by atoms with Crippen molar-refractivity contribution in [3.05, 3.63) is 18.2 Å². The van der Waals surface area contributed by atoms with Crippen molar-refractivity contribution in [1.29, 1.82) is 0 Å². The first-order chi connectivity index (χ1) is 9.20. The lowest BCUT2D eigenvalue weighted by atomic mass is 10.3. The molecule has 1 aromatic heterocycles. The lowest BCUT2D eigenvalue weighted by Crippen LogP contribution is -2.08. The Kier molecular flexibility index (Phi) is 4.22. The number of nitrogens with one attached hydrogen (secondary N) is 1. The molecule has 0 bridgehead atoms. The Labute approximate surface area is 110 Å². The third-order valence-corrected chi connectivity index (χ3v) is 2.59. The van der Waals surface area contributed by atoms with Crippen LogP contribution in [0.3, 0.4) is 0 Å². The molecule has 6 heteroatoms. The van der Waals surface area contributed by atoms with Crippen LogP contribution in [0.5, 0.6) is 0 Å². The summed E-state index contributed by atoms with van der Waals surface area (Å²) in [6.07, 6.45) is 1.04. The number of fused-ring (bicyclic) bond motifs is 1. The zero-order chi connectivity index (χ0) is 13.7. The maximum absolute atomic E-state index is 11.1. The molecular formula is C13H17N3O3. The van der Waals surface area contributed by atoms with Gasteiger partial charge in [-0.25, -0.2) is 0 Å². The molecule has 0 aliphatic rings. The molecule has 19 heavy (non-hydrogen) atoms. The molecule has 0 saturated carbocycles. The number of hydrogen-bond donors (Lipinski definition) is 2. The highest BCUT2D eigenvalue weighted by atomic mass is 16.5. The minimum absolute atomic E-state index is 0.189. The largest absolute Gasteiger partial charge is 0.466 e. The molecule has 0 spiro atoms. The Morgan fingerprint density at radius 2 is 2.37 bits per heavy atom. The second-order valence-corrected chi connectivity index (χ2v) is 4.05. The molecule has 0 aliphatic heterocycles. The second kappa shape index (κ2) is 6.08. The molecule has 0 fully saturated rings. The fourth-order valence-electron chi connectivity index (χ4n) is 1.71. The highest BCUT2D eigenvalue weighted by Crippen LogP contribution is 2.23. The van der Waals surface area contributed by atoms with Crippen molar-refractivity contribution in [3.63, 3.8) is 0 Å². The van der Waals surface area contributed by atoms with E-state index in [2.05, 4.69) is 10.3 Å². The van der Waals surface area contributed by atoms with Crippen LogP contribution in [0.25, 0.3) is 11.1 Å². The number of nitrogens with two attached hydrogens (primary N) is 1. The first-order valence-electron chi connectivity index (χ1n) is 6.25. The molecule has 0 saturated heterocycles. The molecule has 0 aliphatic carbocycles. The van der Waals surface area contributed by atoms with Gasteiger partial charge in [-0.15, -0.1) is 0 Å². The van der Waals surface area contributed by atoms with E-state index in [-0.39, 0.29) is 5.97 Å². The molecule has 0 radical (unpaired) electrons. The van der Waals surface area contributed by atoms with Gasteiger partial charge in [-0.05, 0) is 25.5 Å². The zero-order valence-corrected chi connectivity index (χ0v) is 10.8. The van der Waals surface area contributed by atoms with Gasteiger partial charge in [0.15, 0.2) is 5.58 Å². The van der Waals surface area contributed by atoms with Crippen molar-refractivity contribution < 1.29 is 13.9 Å². The normalized spacial score (nSPS) is 10.6. The predicted molar refractivity (Wildman–Crippen MR) is 72.8 cm³/mol. The Bertz CT molecular complexity index is 565. The topological polar surface area (TPSA) is 90.4 Å². The number of nitrogen functional groups attached to an aromatic ring is 1. The summed E-state index contributed by atoms with van der Waals surface area (Å²) in [4.78, 5) is 15.4. The summed E-state index contributed by atoms with van der Waals surface area (Å²) in [7, 11) is 0. The van der Waals surface area contributed by atoms with Gasteiger partial charge >= 0.3 is 5.97 Å². The van der Waals surface area contributed by atoms with Crippen molar-refractivity contribution in [2.75, 3.05) is 24.2 Å². The SMILES string of the molecule is CCOC(=O)CCCNc1nc2c(N)cccc2o1. The van der Waals surface area contributed by atoms with Crippen LogP contribution in [0, 0.1) is 0 Å². The van der Waals surface area contributed by atoms with Gasteiger partial charge in [-0.3, -0.25) is 4.79 Å².